The summed E-state index contributed by atoms with van der Waals surface area (Å²) in [6.45, 7) is 2.39. The first-order valence-electron chi connectivity index (χ1n) is 21.7. The molecule has 3 aliphatic heterocycles. The molecule has 0 N–H and O–H groups in total. The second-order valence-electron chi connectivity index (χ2n) is 17.1. The highest BCUT2D eigenvalue weighted by molar-refractivity contribution is 7.25. The molecular formula is C56H37BN2O2S2. The Morgan fingerprint density at radius 1 is 0.524 bits per heavy atom. The Hall–Kier alpha value is -7.06. The summed E-state index contributed by atoms with van der Waals surface area (Å²) in [5, 5.41) is 4.05. The Labute approximate surface area is 373 Å². The SMILES string of the molecule is Cc1cc2c3c(c1)N(c1ccccc1)c1c(ccc4c1OCO4)B3c1cc(C3=Cc4sc5ccccc5c4CC3)ccc1N2c1ccc(-c2ccc3c(c2)sc2ccccc23)cc1. The minimum Gasteiger partial charge on any atom is -0.454 e. The lowest BCUT2D eigenvalue weighted by molar-refractivity contribution is 0.174. The molecule has 0 saturated carbocycles. The summed E-state index contributed by atoms with van der Waals surface area (Å²) in [5.41, 5.74) is 18.5. The van der Waals surface area contributed by atoms with Crippen molar-refractivity contribution in [3.63, 3.8) is 0 Å². The van der Waals surface area contributed by atoms with Gasteiger partial charge in [0.15, 0.2) is 11.5 Å². The lowest BCUT2D eigenvalue weighted by atomic mass is 9.33. The molecule has 14 rings (SSSR count). The molecule has 8 aromatic carbocycles. The van der Waals surface area contributed by atoms with Gasteiger partial charge in [-0.15, -0.1) is 22.7 Å². The standard InChI is InChI=1S/C56H37BN2O2S2/c1-33-27-47-54-48(28-33)59(38-9-3-2-4-10-38)55-44(24-26-49-56(55)61-32-60-49)57(54)45-29-35(37-18-23-43-41-12-6-8-14-51(41)63-53(43)31-37)19-25-46(45)58(47)39-20-15-34(16-21-39)36-17-22-42-40-11-5-7-13-50(40)62-52(42)30-36/h2-17,19-22,24-31H,18,23,32H2,1H3. The lowest BCUT2D eigenvalue weighted by Crippen LogP contribution is -2.61. The van der Waals surface area contributed by atoms with E-state index in [1.165, 1.54) is 102 Å². The van der Waals surface area contributed by atoms with Gasteiger partial charge in [-0.2, -0.15) is 0 Å². The Morgan fingerprint density at radius 2 is 1.24 bits per heavy atom. The summed E-state index contributed by atoms with van der Waals surface area (Å²) >= 11 is 3.79. The summed E-state index contributed by atoms with van der Waals surface area (Å²) < 4.78 is 16.5. The highest BCUT2D eigenvalue weighted by Crippen LogP contribution is 2.51. The Bertz CT molecular complexity index is 3590. The number of ether oxygens (including phenoxy) is 2. The lowest BCUT2D eigenvalue weighted by Gasteiger charge is -2.44. The van der Waals surface area contributed by atoms with Crippen LogP contribution in [0.5, 0.6) is 11.5 Å². The predicted octanol–water partition coefficient (Wildman–Crippen LogP) is 13.5. The van der Waals surface area contributed by atoms with Crippen LogP contribution in [0.2, 0.25) is 0 Å². The molecule has 0 unspecified atom stereocenters. The summed E-state index contributed by atoms with van der Waals surface area (Å²) in [7, 11) is 0. The number of hydrogen-bond acceptors (Lipinski definition) is 6. The number of thiophene rings is 2. The number of nitrogens with zero attached hydrogens (tertiary/aromatic N) is 2. The molecule has 5 heterocycles. The number of benzene rings is 8. The van der Waals surface area contributed by atoms with Crippen molar-refractivity contribution < 1.29 is 9.47 Å². The molecule has 63 heavy (non-hydrogen) atoms. The van der Waals surface area contributed by atoms with Gasteiger partial charge >= 0.3 is 0 Å². The molecule has 0 spiro atoms. The van der Waals surface area contributed by atoms with Crippen LogP contribution >= 0.6 is 22.7 Å². The molecular weight excluding hydrogens is 808 g/mol. The summed E-state index contributed by atoms with van der Waals surface area (Å²) in [5.74, 6) is 1.59. The van der Waals surface area contributed by atoms with Gasteiger partial charge in [-0.1, -0.05) is 97.1 Å². The fourth-order valence-corrected chi connectivity index (χ4v) is 13.2. The van der Waals surface area contributed by atoms with Crippen molar-refractivity contribution in [2.75, 3.05) is 16.6 Å². The van der Waals surface area contributed by atoms with E-state index in [1.807, 2.05) is 22.7 Å². The van der Waals surface area contributed by atoms with Crippen LogP contribution in [-0.2, 0) is 6.42 Å². The molecule has 0 atom stereocenters. The Morgan fingerprint density at radius 3 is 2.10 bits per heavy atom. The molecule has 0 radical (unpaired) electrons. The van der Waals surface area contributed by atoms with E-state index in [0.29, 0.717) is 0 Å². The minimum atomic E-state index is -0.0392. The van der Waals surface area contributed by atoms with Gasteiger partial charge < -0.3 is 19.3 Å². The van der Waals surface area contributed by atoms with Crippen molar-refractivity contribution >= 4 is 122 Å². The molecule has 7 heteroatoms. The fourth-order valence-electron chi connectivity index (χ4n) is 10.8. The molecule has 0 bridgehead atoms. The first kappa shape index (κ1) is 35.5. The maximum atomic E-state index is 6.40. The van der Waals surface area contributed by atoms with Gasteiger partial charge in [-0.05, 0) is 148 Å². The molecule has 0 fully saturated rings. The van der Waals surface area contributed by atoms with Crippen molar-refractivity contribution in [2.24, 2.45) is 0 Å². The van der Waals surface area contributed by atoms with Crippen LogP contribution < -0.4 is 35.7 Å². The Kier molecular flexibility index (Phi) is 7.60. The van der Waals surface area contributed by atoms with E-state index in [4.69, 9.17) is 9.47 Å². The largest absolute Gasteiger partial charge is 0.454 e. The molecule has 4 nitrogen and oxygen atoms in total. The number of fused-ring (bicyclic) bond motifs is 12. The van der Waals surface area contributed by atoms with Crippen LogP contribution in [-0.4, -0.2) is 13.5 Å². The summed E-state index contributed by atoms with van der Waals surface area (Å²) in [6.07, 6.45) is 4.52. The zero-order valence-electron chi connectivity index (χ0n) is 34.4. The van der Waals surface area contributed by atoms with E-state index >= 15 is 0 Å². The molecule has 0 amide bonds. The van der Waals surface area contributed by atoms with E-state index in [1.54, 1.807) is 0 Å². The zero-order chi connectivity index (χ0) is 41.3. The normalized spacial score (nSPS) is 14.5. The van der Waals surface area contributed by atoms with Gasteiger partial charge in [-0.25, -0.2) is 0 Å². The highest BCUT2D eigenvalue weighted by atomic mass is 32.1. The van der Waals surface area contributed by atoms with Crippen LogP contribution in [0.1, 0.15) is 28.0 Å². The van der Waals surface area contributed by atoms with Gasteiger partial charge in [0.2, 0.25) is 6.79 Å². The van der Waals surface area contributed by atoms with E-state index < -0.39 is 0 Å². The number of rotatable bonds is 4. The molecule has 10 aromatic rings. The van der Waals surface area contributed by atoms with E-state index in [9.17, 15) is 0 Å². The fraction of sp³-hybridized carbons (Fsp3) is 0.0714. The number of anilines is 6. The maximum absolute atomic E-state index is 6.40. The smallest absolute Gasteiger partial charge is 0.252 e. The van der Waals surface area contributed by atoms with Crippen molar-refractivity contribution in [1.82, 2.24) is 0 Å². The van der Waals surface area contributed by atoms with Crippen LogP contribution in [0.3, 0.4) is 0 Å². The van der Waals surface area contributed by atoms with E-state index in [-0.39, 0.29) is 13.5 Å². The number of allylic oxidation sites excluding steroid dienone is 1. The van der Waals surface area contributed by atoms with Crippen molar-refractivity contribution in [1.29, 1.82) is 0 Å². The van der Waals surface area contributed by atoms with Crippen LogP contribution in [0.25, 0.3) is 53.0 Å². The van der Waals surface area contributed by atoms with Crippen LogP contribution in [0.4, 0.5) is 34.1 Å². The van der Waals surface area contributed by atoms with Gasteiger partial charge in [0, 0.05) is 58.2 Å². The first-order valence-corrected chi connectivity index (χ1v) is 23.4. The average molecular weight is 845 g/mol. The van der Waals surface area contributed by atoms with Gasteiger partial charge in [-0.3, -0.25) is 0 Å². The van der Waals surface area contributed by atoms with Crippen LogP contribution in [0.15, 0.2) is 164 Å². The monoisotopic (exact) mass is 844 g/mol. The molecule has 298 valence electrons. The first-order chi connectivity index (χ1) is 31.1. The van der Waals surface area contributed by atoms with Crippen molar-refractivity contribution in [3.05, 3.63) is 185 Å². The third kappa shape index (κ3) is 5.27. The Balaban J connectivity index is 0.972. The molecule has 0 saturated heterocycles. The topological polar surface area (TPSA) is 24.9 Å². The maximum Gasteiger partial charge on any atom is 0.252 e. The third-order valence-electron chi connectivity index (χ3n) is 13.6. The third-order valence-corrected chi connectivity index (χ3v) is 15.9. The molecule has 1 aliphatic carbocycles. The second-order valence-corrected chi connectivity index (χ2v) is 19.3. The van der Waals surface area contributed by atoms with Gasteiger partial charge in [0.1, 0.15) is 0 Å². The molecule has 4 aliphatic rings. The second kappa shape index (κ2) is 13.5. The van der Waals surface area contributed by atoms with E-state index in [0.717, 1.165) is 41.4 Å². The highest BCUT2D eigenvalue weighted by Gasteiger charge is 2.46. The van der Waals surface area contributed by atoms with E-state index in [2.05, 4.69) is 187 Å². The number of hydrogen-bond donors (Lipinski definition) is 0. The summed E-state index contributed by atoms with van der Waals surface area (Å²) in [4.78, 5) is 6.32. The van der Waals surface area contributed by atoms with Crippen molar-refractivity contribution in [3.8, 4) is 22.6 Å². The van der Waals surface area contributed by atoms with Crippen molar-refractivity contribution in [2.45, 2.75) is 19.8 Å². The molecule has 2 aromatic heterocycles. The number of para-hydroxylation sites is 1. The quantitative estimate of drug-likeness (QED) is 0.165. The van der Waals surface area contributed by atoms with Gasteiger partial charge in [0.05, 0.1) is 5.69 Å². The number of aryl methyl sites for hydroxylation is 2. The summed E-state index contributed by atoms with van der Waals surface area (Å²) in [6, 6.07) is 60.9. The zero-order valence-corrected chi connectivity index (χ0v) is 36.0. The average Bonchev–Trinajstić information content (AvgIpc) is 4.07. The minimum absolute atomic E-state index is 0.0392. The van der Waals surface area contributed by atoms with Crippen LogP contribution in [0, 0.1) is 6.92 Å². The predicted molar refractivity (Wildman–Crippen MR) is 268 cm³/mol. The van der Waals surface area contributed by atoms with Gasteiger partial charge in [0.25, 0.3) is 6.71 Å².